The number of rotatable bonds is 6. The lowest BCUT2D eigenvalue weighted by atomic mass is 10.3. The molecule has 6 nitrogen and oxygen atoms in total. The molecule has 1 aromatic rings. The summed E-state index contributed by atoms with van der Waals surface area (Å²) in [5.41, 5.74) is 0.421. The monoisotopic (exact) mass is 286 g/mol. The largest absolute Gasteiger partial charge is 0.465 e. The van der Waals surface area contributed by atoms with Gasteiger partial charge < -0.3 is 4.74 Å². The molecule has 0 unspecified atom stereocenters. The maximum absolute atomic E-state index is 12.2. The molecule has 0 aliphatic heterocycles. The summed E-state index contributed by atoms with van der Waals surface area (Å²) < 4.78 is 31.3. The van der Waals surface area contributed by atoms with Crippen molar-refractivity contribution in [3.63, 3.8) is 0 Å². The molecule has 0 amide bonds. The number of benzene rings is 1. The Labute approximate surface area is 113 Å². The summed E-state index contributed by atoms with van der Waals surface area (Å²) in [5, 5.41) is 0. The van der Waals surface area contributed by atoms with Gasteiger partial charge >= 0.3 is 16.2 Å². The number of hydrogen-bond donors (Lipinski definition) is 0. The molecule has 1 rings (SSSR count). The topological polar surface area (TPSA) is 66.9 Å². The molecule has 0 radical (unpaired) electrons. The Balaban J connectivity index is 3.09. The number of anilines is 1. The van der Waals surface area contributed by atoms with E-state index in [1.807, 2.05) is 0 Å². The first kappa shape index (κ1) is 15.5. The minimum Gasteiger partial charge on any atom is -0.465 e. The summed E-state index contributed by atoms with van der Waals surface area (Å²) >= 11 is 0. The zero-order chi connectivity index (χ0) is 14.5. The Bertz CT molecular complexity index is 514. The highest BCUT2D eigenvalue weighted by atomic mass is 32.2. The molecular formula is C12H18N2O4S. The third-order valence-electron chi connectivity index (χ3n) is 2.36. The van der Waals surface area contributed by atoms with Crippen LogP contribution in [0, 0.1) is 0 Å². The zero-order valence-electron chi connectivity index (χ0n) is 11.2. The second kappa shape index (κ2) is 6.53. The van der Waals surface area contributed by atoms with Crippen molar-refractivity contribution >= 4 is 21.9 Å². The van der Waals surface area contributed by atoms with E-state index in [0.717, 1.165) is 8.61 Å². The first-order valence-corrected chi connectivity index (χ1v) is 7.20. The van der Waals surface area contributed by atoms with Crippen LogP contribution in [0.4, 0.5) is 5.69 Å². The van der Waals surface area contributed by atoms with Gasteiger partial charge in [0.05, 0.1) is 12.3 Å². The molecule has 0 saturated heterocycles. The van der Waals surface area contributed by atoms with Crippen molar-refractivity contribution in [2.45, 2.75) is 6.92 Å². The van der Waals surface area contributed by atoms with Gasteiger partial charge in [0.1, 0.15) is 6.54 Å². The van der Waals surface area contributed by atoms with Crippen LogP contribution in [-0.2, 0) is 19.7 Å². The van der Waals surface area contributed by atoms with Gasteiger partial charge in [0.25, 0.3) is 0 Å². The van der Waals surface area contributed by atoms with E-state index in [1.54, 1.807) is 37.3 Å². The van der Waals surface area contributed by atoms with E-state index in [1.165, 1.54) is 14.1 Å². The van der Waals surface area contributed by atoms with Crippen molar-refractivity contribution in [3.8, 4) is 0 Å². The SMILES string of the molecule is CCOC(=O)CN(c1ccccc1)S(=O)(=O)N(C)C. The predicted molar refractivity (Wildman–Crippen MR) is 73.0 cm³/mol. The summed E-state index contributed by atoms with van der Waals surface area (Å²) in [5.74, 6) is -0.586. The molecule has 0 aromatic heterocycles. The normalized spacial score (nSPS) is 11.4. The fourth-order valence-corrected chi connectivity index (χ4v) is 2.47. The van der Waals surface area contributed by atoms with E-state index in [4.69, 9.17) is 4.74 Å². The Morgan fingerprint density at radius 1 is 1.21 bits per heavy atom. The van der Waals surface area contributed by atoms with Crippen LogP contribution in [0.3, 0.4) is 0 Å². The van der Waals surface area contributed by atoms with Gasteiger partial charge in [-0.2, -0.15) is 12.7 Å². The Morgan fingerprint density at radius 2 is 1.79 bits per heavy atom. The first-order valence-electron chi connectivity index (χ1n) is 5.80. The summed E-state index contributed by atoms with van der Waals surface area (Å²) in [7, 11) is -0.913. The highest BCUT2D eigenvalue weighted by Crippen LogP contribution is 2.18. The number of nitrogens with zero attached hydrogens (tertiary/aromatic N) is 2. The number of hydrogen-bond acceptors (Lipinski definition) is 4. The third-order valence-corrected chi connectivity index (χ3v) is 4.18. The van der Waals surface area contributed by atoms with Gasteiger partial charge in [-0.15, -0.1) is 0 Å². The first-order chi connectivity index (χ1) is 8.89. The van der Waals surface area contributed by atoms with Crippen molar-refractivity contribution in [2.75, 3.05) is 31.6 Å². The fourth-order valence-electron chi connectivity index (χ4n) is 1.42. The third kappa shape index (κ3) is 3.93. The average molecular weight is 286 g/mol. The van der Waals surface area contributed by atoms with E-state index >= 15 is 0 Å². The van der Waals surface area contributed by atoms with E-state index in [2.05, 4.69) is 0 Å². The average Bonchev–Trinajstić information content (AvgIpc) is 2.37. The van der Waals surface area contributed by atoms with Gasteiger partial charge in [-0.1, -0.05) is 18.2 Å². The maximum Gasteiger partial charge on any atom is 0.326 e. The van der Waals surface area contributed by atoms with Crippen LogP contribution in [0.5, 0.6) is 0 Å². The fraction of sp³-hybridized carbons (Fsp3) is 0.417. The molecule has 0 bridgehead atoms. The Kier molecular flexibility index (Phi) is 5.31. The number of para-hydroxylation sites is 1. The standard InChI is InChI=1S/C12H18N2O4S/c1-4-18-12(15)10-14(19(16,17)13(2)3)11-8-6-5-7-9-11/h5-9H,4,10H2,1-3H3. The highest BCUT2D eigenvalue weighted by molar-refractivity contribution is 7.90. The lowest BCUT2D eigenvalue weighted by Gasteiger charge is -2.26. The van der Waals surface area contributed by atoms with Gasteiger partial charge in [0.2, 0.25) is 0 Å². The molecule has 0 heterocycles. The van der Waals surface area contributed by atoms with Crippen LogP contribution in [-0.4, -0.2) is 45.9 Å². The second-order valence-corrected chi connectivity index (χ2v) is 6.00. The molecule has 0 atom stereocenters. The van der Waals surface area contributed by atoms with Crippen LogP contribution >= 0.6 is 0 Å². The lowest BCUT2D eigenvalue weighted by Crippen LogP contribution is -2.43. The van der Waals surface area contributed by atoms with Crippen molar-refractivity contribution in [2.24, 2.45) is 0 Å². The van der Waals surface area contributed by atoms with Crippen LogP contribution in [0.15, 0.2) is 30.3 Å². The van der Waals surface area contributed by atoms with Gasteiger partial charge in [-0.05, 0) is 19.1 Å². The number of esters is 1. The van der Waals surface area contributed by atoms with Crippen molar-refractivity contribution in [1.29, 1.82) is 0 Å². The van der Waals surface area contributed by atoms with Crippen molar-refractivity contribution in [3.05, 3.63) is 30.3 Å². The van der Waals surface area contributed by atoms with Crippen LogP contribution in [0.2, 0.25) is 0 Å². The van der Waals surface area contributed by atoms with Crippen molar-refractivity contribution < 1.29 is 17.9 Å². The van der Waals surface area contributed by atoms with Crippen LogP contribution in [0.25, 0.3) is 0 Å². The predicted octanol–water partition coefficient (Wildman–Crippen LogP) is 0.863. The Hall–Kier alpha value is -1.60. The molecule has 1 aromatic carbocycles. The summed E-state index contributed by atoms with van der Waals surface area (Å²) in [6.45, 7) is 1.53. The summed E-state index contributed by atoms with van der Waals surface area (Å²) in [4.78, 5) is 11.5. The number of carbonyl (C=O) groups is 1. The number of ether oxygens (including phenoxy) is 1. The van der Waals surface area contributed by atoms with Gasteiger partial charge in [0.15, 0.2) is 0 Å². The van der Waals surface area contributed by atoms with Gasteiger partial charge in [0, 0.05) is 14.1 Å². The second-order valence-electron chi connectivity index (χ2n) is 3.94. The summed E-state index contributed by atoms with van der Waals surface area (Å²) in [6, 6.07) is 8.44. The zero-order valence-corrected chi connectivity index (χ0v) is 12.1. The molecule has 0 aliphatic rings. The quantitative estimate of drug-likeness (QED) is 0.728. The van der Waals surface area contributed by atoms with E-state index < -0.39 is 16.2 Å². The van der Waals surface area contributed by atoms with Crippen molar-refractivity contribution in [1.82, 2.24) is 4.31 Å². The molecule has 0 saturated carbocycles. The smallest absolute Gasteiger partial charge is 0.326 e. The van der Waals surface area contributed by atoms with E-state index in [9.17, 15) is 13.2 Å². The molecule has 7 heteroatoms. The highest BCUT2D eigenvalue weighted by Gasteiger charge is 2.27. The Morgan fingerprint density at radius 3 is 2.26 bits per heavy atom. The molecule has 106 valence electrons. The minimum atomic E-state index is -3.74. The summed E-state index contributed by atoms with van der Waals surface area (Å²) in [6.07, 6.45) is 0. The van der Waals surface area contributed by atoms with E-state index in [0.29, 0.717) is 5.69 Å². The van der Waals surface area contributed by atoms with E-state index in [-0.39, 0.29) is 13.2 Å². The molecule has 0 spiro atoms. The van der Waals surface area contributed by atoms with Gasteiger partial charge in [-0.25, -0.2) is 4.31 Å². The maximum atomic E-state index is 12.2. The number of carbonyl (C=O) groups excluding carboxylic acids is 1. The molecule has 0 fully saturated rings. The van der Waals surface area contributed by atoms with Gasteiger partial charge in [-0.3, -0.25) is 4.79 Å². The molecule has 0 N–H and O–H groups in total. The molecule has 0 aliphatic carbocycles. The molecule has 19 heavy (non-hydrogen) atoms. The minimum absolute atomic E-state index is 0.212. The van der Waals surface area contributed by atoms with Crippen LogP contribution < -0.4 is 4.31 Å². The molecular weight excluding hydrogens is 268 g/mol. The van der Waals surface area contributed by atoms with Crippen LogP contribution in [0.1, 0.15) is 6.92 Å². The lowest BCUT2D eigenvalue weighted by molar-refractivity contribution is -0.141.